The molecular formula is C6H6FNO. The minimum absolute atomic E-state index is 0.145. The lowest BCUT2D eigenvalue weighted by Gasteiger charge is -1.93. The SMILES string of the molecule is Cc1cc(O)ncc1F. The molecule has 0 aliphatic carbocycles. The average molecular weight is 127 g/mol. The number of pyridine rings is 1. The third-order valence-corrected chi connectivity index (χ3v) is 1.03. The van der Waals surface area contributed by atoms with Gasteiger partial charge in [0.05, 0.1) is 6.20 Å². The standard InChI is InChI=1S/C6H6FNO/c1-4-2-6(9)8-3-5(4)7/h2-3H,1H3,(H,8,9). The number of hydrogen-bond donors (Lipinski definition) is 1. The quantitative estimate of drug-likeness (QED) is 0.568. The van der Waals surface area contributed by atoms with Crippen LogP contribution in [0.4, 0.5) is 4.39 Å². The molecule has 0 saturated heterocycles. The van der Waals surface area contributed by atoms with Gasteiger partial charge in [0.1, 0.15) is 5.82 Å². The van der Waals surface area contributed by atoms with E-state index in [1.807, 2.05) is 0 Å². The van der Waals surface area contributed by atoms with Crippen molar-refractivity contribution in [1.82, 2.24) is 4.98 Å². The largest absolute Gasteiger partial charge is 0.493 e. The maximum atomic E-state index is 12.3. The molecule has 0 amide bonds. The normalized spacial score (nSPS) is 9.56. The Balaban J connectivity index is 3.17. The number of aryl methyl sites for hydroxylation is 1. The highest BCUT2D eigenvalue weighted by molar-refractivity contribution is 5.18. The van der Waals surface area contributed by atoms with E-state index in [0.717, 1.165) is 6.20 Å². The van der Waals surface area contributed by atoms with Gasteiger partial charge in [-0.25, -0.2) is 9.37 Å². The van der Waals surface area contributed by atoms with Gasteiger partial charge in [0.25, 0.3) is 0 Å². The summed E-state index contributed by atoms with van der Waals surface area (Å²) in [6, 6.07) is 1.27. The monoisotopic (exact) mass is 127 g/mol. The zero-order chi connectivity index (χ0) is 6.85. The summed E-state index contributed by atoms with van der Waals surface area (Å²) in [6.07, 6.45) is 0.991. The molecule has 0 radical (unpaired) electrons. The summed E-state index contributed by atoms with van der Waals surface area (Å²) in [4.78, 5) is 3.32. The Hall–Kier alpha value is -1.12. The zero-order valence-corrected chi connectivity index (χ0v) is 4.93. The molecule has 0 aliphatic rings. The van der Waals surface area contributed by atoms with E-state index in [9.17, 15) is 4.39 Å². The molecule has 0 unspecified atom stereocenters. The van der Waals surface area contributed by atoms with Gasteiger partial charge in [0.15, 0.2) is 0 Å². The molecule has 2 nitrogen and oxygen atoms in total. The second-order valence-electron chi connectivity index (χ2n) is 1.79. The van der Waals surface area contributed by atoms with E-state index in [2.05, 4.69) is 4.98 Å². The predicted octanol–water partition coefficient (Wildman–Crippen LogP) is 1.23. The van der Waals surface area contributed by atoms with Crippen molar-refractivity contribution in [2.24, 2.45) is 0 Å². The van der Waals surface area contributed by atoms with Crippen LogP contribution >= 0.6 is 0 Å². The van der Waals surface area contributed by atoms with Crippen LogP contribution in [0.3, 0.4) is 0 Å². The van der Waals surface area contributed by atoms with Crippen LogP contribution in [-0.4, -0.2) is 10.1 Å². The molecule has 0 bridgehead atoms. The van der Waals surface area contributed by atoms with Gasteiger partial charge in [0, 0.05) is 6.07 Å². The van der Waals surface area contributed by atoms with Gasteiger partial charge in [-0.05, 0) is 12.5 Å². The smallest absolute Gasteiger partial charge is 0.211 e. The fourth-order valence-corrected chi connectivity index (χ4v) is 0.524. The molecule has 0 aromatic carbocycles. The van der Waals surface area contributed by atoms with Crippen molar-refractivity contribution in [3.8, 4) is 5.88 Å². The van der Waals surface area contributed by atoms with Gasteiger partial charge in [-0.15, -0.1) is 0 Å². The average Bonchev–Trinajstić information content (AvgIpc) is 1.80. The van der Waals surface area contributed by atoms with E-state index >= 15 is 0 Å². The van der Waals surface area contributed by atoms with Crippen LogP contribution in [0.1, 0.15) is 5.56 Å². The van der Waals surface area contributed by atoms with Crippen molar-refractivity contribution in [2.75, 3.05) is 0 Å². The number of hydrogen-bond acceptors (Lipinski definition) is 2. The topological polar surface area (TPSA) is 33.1 Å². The summed E-state index contributed by atoms with van der Waals surface area (Å²) in [5, 5.41) is 8.66. The van der Waals surface area contributed by atoms with Crippen LogP contribution in [0.25, 0.3) is 0 Å². The van der Waals surface area contributed by atoms with Gasteiger partial charge in [-0.3, -0.25) is 0 Å². The van der Waals surface area contributed by atoms with E-state index in [1.165, 1.54) is 6.07 Å². The lowest BCUT2D eigenvalue weighted by molar-refractivity contribution is 0.448. The van der Waals surface area contributed by atoms with E-state index in [-0.39, 0.29) is 5.88 Å². The van der Waals surface area contributed by atoms with Crippen LogP contribution in [0, 0.1) is 12.7 Å². The molecule has 1 aromatic heterocycles. The van der Waals surface area contributed by atoms with Crippen molar-refractivity contribution >= 4 is 0 Å². The van der Waals surface area contributed by atoms with Crippen LogP contribution in [0.2, 0.25) is 0 Å². The molecule has 9 heavy (non-hydrogen) atoms. The fourth-order valence-electron chi connectivity index (χ4n) is 0.524. The lowest BCUT2D eigenvalue weighted by Crippen LogP contribution is -1.82. The van der Waals surface area contributed by atoms with E-state index < -0.39 is 5.82 Å². The first-order valence-electron chi connectivity index (χ1n) is 2.51. The number of aromatic nitrogens is 1. The molecular weight excluding hydrogens is 121 g/mol. The number of rotatable bonds is 0. The maximum absolute atomic E-state index is 12.3. The summed E-state index contributed by atoms with van der Waals surface area (Å²) in [5.74, 6) is -0.540. The van der Waals surface area contributed by atoms with Crippen LogP contribution < -0.4 is 0 Å². The first kappa shape index (κ1) is 6.01. The summed E-state index contributed by atoms with van der Waals surface area (Å²) in [5.41, 5.74) is 0.405. The van der Waals surface area contributed by atoms with Crippen LogP contribution in [-0.2, 0) is 0 Å². The molecule has 1 N–H and O–H groups in total. The molecule has 3 heteroatoms. The van der Waals surface area contributed by atoms with E-state index in [0.29, 0.717) is 5.56 Å². The maximum Gasteiger partial charge on any atom is 0.211 e. The van der Waals surface area contributed by atoms with Gasteiger partial charge >= 0.3 is 0 Å². The van der Waals surface area contributed by atoms with Crippen molar-refractivity contribution in [2.45, 2.75) is 6.92 Å². The summed E-state index contributed by atoms with van der Waals surface area (Å²) >= 11 is 0. The second kappa shape index (κ2) is 2.01. The molecule has 1 heterocycles. The molecule has 0 atom stereocenters. The first-order chi connectivity index (χ1) is 4.20. The van der Waals surface area contributed by atoms with Crippen molar-refractivity contribution < 1.29 is 9.50 Å². The molecule has 1 rings (SSSR count). The van der Waals surface area contributed by atoms with E-state index in [4.69, 9.17) is 5.11 Å². The predicted molar refractivity (Wildman–Crippen MR) is 30.6 cm³/mol. The highest BCUT2D eigenvalue weighted by Crippen LogP contribution is 2.09. The van der Waals surface area contributed by atoms with Gasteiger partial charge in [-0.1, -0.05) is 0 Å². The number of nitrogens with zero attached hydrogens (tertiary/aromatic N) is 1. The highest BCUT2D eigenvalue weighted by Gasteiger charge is 1.96. The second-order valence-corrected chi connectivity index (χ2v) is 1.79. The Morgan fingerprint density at radius 2 is 2.33 bits per heavy atom. The van der Waals surface area contributed by atoms with Crippen LogP contribution in [0.5, 0.6) is 5.88 Å². The lowest BCUT2D eigenvalue weighted by atomic mass is 10.3. The molecule has 48 valence electrons. The van der Waals surface area contributed by atoms with Crippen molar-refractivity contribution in [3.05, 3.63) is 23.6 Å². The molecule has 0 spiro atoms. The number of halogens is 1. The van der Waals surface area contributed by atoms with Gasteiger partial charge in [0.2, 0.25) is 5.88 Å². The molecule has 0 fully saturated rings. The minimum Gasteiger partial charge on any atom is -0.493 e. The number of aromatic hydroxyl groups is 1. The third-order valence-electron chi connectivity index (χ3n) is 1.03. The summed E-state index contributed by atoms with van der Waals surface area (Å²) in [6.45, 7) is 1.57. The Labute approximate surface area is 52.0 Å². The summed E-state index contributed by atoms with van der Waals surface area (Å²) in [7, 11) is 0. The fraction of sp³-hybridized carbons (Fsp3) is 0.167. The van der Waals surface area contributed by atoms with Crippen molar-refractivity contribution in [1.29, 1.82) is 0 Å². The molecule has 1 aromatic rings. The highest BCUT2D eigenvalue weighted by atomic mass is 19.1. The zero-order valence-electron chi connectivity index (χ0n) is 4.93. The Morgan fingerprint density at radius 3 is 2.78 bits per heavy atom. The minimum atomic E-state index is -0.396. The Bertz CT molecular complexity index is 224. The third kappa shape index (κ3) is 1.16. The molecule has 0 saturated carbocycles. The Morgan fingerprint density at radius 1 is 1.67 bits per heavy atom. The van der Waals surface area contributed by atoms with Gasteiger partial charge < -0.3 is 5.11 Å². The van der Waals surface area contributed by atoms with Crippen molar-refractivity contribution in [3.63, 3.8) is 0 Å². The Kier molecular flexibility index (Phi) is 1.34. The van der Waals surface area contributed by atoms with E-state index in [1.54, 1.807) is 6.92 Å². The summed E-state index contributed by atoms with van der Waals surface area (Å²) < 4.78 is 12.3. The molecule has 0 aliphatic heterocycles. The first-order valence-corrected chi connectivity index (χ1v) is 2.51. The van der Waals surface area contributed by atoms with Crippen LogP contribution in [0.15, 0.2) is 12.3 Å². The van der Waals surface area contributed by atoms with Gasteiger partial charge in [-0.2, -0.15) is 0 Å².